The standard InChI is InChI=1S/C13H9BrF4N2O2S/c1-7-2-9(15)10(22-12-19-4-8(14)5-20-12)3-11(7)23(21)6-13(16,17)18/h2-5H,6H2,1H3. The number of aromatic nitrogens is 2. The third-order valence-corrected chi connectivity index (χ3v) is 4.50. The highest BCUT2D eigenvalue weighted by atomic mass is 79.9. The fraction of sp³-hybridized carbons (Fsp3) is 0.231. The van der Waals surface area contributed by atoms with Gasteiger partial charge in [-0.25, -0.2) is 14.4 Å². The Morgan fingerprint density at radius 2 is 1.87 bits per heavy atom. The number of ether oxygens (including phenoxy) is 1. The minimum atomic E-state index is -4.60. The van der Waals surface area contributed by atoms with E-state index in [-0.39, 0.29) is 16.5 Å². The molecule has 0 amide bonds. The van der Waals surface area contributed by atoms with Crippen molar-refractivity contribution in [3.05, 3.63) is 40.4 Å². The molecule has 0 aliphatic heterocycles. The normalized spacial score (nSPS) is 13.0. The monoisotopic (exact) mass is 412 g/mol. The van der Waals surface area contributed by atoms with Crippen molar-refractivity contribution < 1.29 is 26.5 Å². The predicted molar refractivity (Wildman–Crippen MR) is 78.3 cm³/mol. The highest BCUT2D eigenvalue weighted by molar-refractivity contribution is 9.10. The molecule has 23 heavy (non-hydrogen) atoms. The van der Waals surface area contributed by atoms with E-state index in [9.17, 15) is 21.8 Å². The van der Waals surface area contributed by atoms with Gasteiger partial charge in [-0.2, -0.15) is 13.2 Å². The van der Waals surface area contributed by atoms with Crippen molar-refractivity contribution in [2.24, 2.45) is 0 Å². The second-order valence-corrected chi connectivity index (χ2v) is 6.77. The van der Waals surface area contributed by atoms with Crippen molar-refractivity contribution in [3.63, 3.8) is 0 Å². The summed E-state index contributed by atoms with van der Waals surface area (Å²) in [5, 5.41) is 0. The van der Waals surface area contributed by atoms with E-state index in [1.807, 2.05) is 0 Å². The zero-order chi connectivity index (χ0) is 17.2. The van der Waals surface area contributed by atoms with Gasteiger partial charge in [0.15, 0.2) is 11.6 Å². The molecule has 124 valence electrons. The van der Waals surface area contributed by atoms with Gasteiger partial charge in [0.1, 0.15) is 5.75 Å². The first-order chi connectivity index (χ1) is 10.7. The van der Waals surface area contributed by atoms with E-state index in [1.165, 1.54) is 19.3 Å². The number of nitrogens with zero attached hydrogens (tertiary/aromatic N) is 2. The van der Waals surface area contributed by atoms with Crippen molar-refractivity contribution in [3.8, 4) is 11.8 Å². The van der Waals surface area contributed by atoms with E-state index in [4.69, 9.17) is 4.74 Å². The van der Waals surface area contributed by atoms with Crippen molar-refractivity contribution in [1.82, 2.24) is 9.97 Å². The van der Waals surface area contributed by atoms with Crippen LogP contribution in [0.3, 0.4) is 0 Å². The number of aryl methyl sites for hydroxylation is 1. The highest BCUT2D eigenvalue weighted by Crippen LogP contribution is 2.29. The number of benzene rings is 1. The summed E-state index contributed by atoms with van der Waals surface area (Å²) in [6.45, 7) is 1.37. The summed E-state index contributed by atoms with van der Waals surface area (Å²) in [6.07, 6.45) is -1.88. The van der Waals surface area contributed by atoms with E-state index in [0.717, 1.165) is 12.1 Å². The largest absolute Gasteiger partial charge is 0.421 e. The number of alkyl halides is 3. The number of halogens is 5. The van der Waals surface area contributed by atoms with Crippen molar-refractivity contribution in [2.75, 3.05) is 5.75 Å². The minimum absolute atomic E-state index is 0.133. The number of hydrogen-bond donors (Lipinski definition) is 0. The fourth-order valence-electron chi connectivity index (χ4n) is 1.64. The van der Waals surface area contributed by atoms with Crippen LogP contribution in [0, 0.1) is 12.7 Å². The fourth-order valence-corrected chi connectivity index (χ4v) is 2.95. The van der Waals surface area contributed by atoms with E-state index >= 15 is 0 Å². The molecule has 1 heterocycles. The Labute approximate surface area is 139 Å². The van der Waals surface area contributed by atoms with Gasteiger partial charge < -0.3 is 4.74 Å². The summed E-state index contributed by atoms with van der Waals surface area (Å²) in [5.74, 6) is -2.74. The molecular formula is C13H9BrF4N2O2S. The van der Waals surface area contributed by atoms with Crippen LogP contribution >= 0.6 is 15.9 Å². The summed E-state index contributed by atoms with van der Waals surface area (Å²) in [5.41, 5.74) is 0.133. The lowest BCUT2D eigenvalue weighted by Gasteiger charge is -2.11. The summed E-state index contributed by atoms with van der Waals surface area (Å²) in [7, 11) is -2.36. The van der Waals surface area contributed by atoms with Gasteiger partial charge in [-0.15, -0.1) is 0 Å². The number of rotatable bonds is 4. The quantitative estimate of drug-likeness (QED) is 0.707. The first kappa shape index (κ1) is 17.8. The van der Waals surface area contributed by atoms with E-state index in [2.05, 4.69) is 25.9 Å². The SMILES string of the molecule is Cc1cc(F)c(Oc2ncc(Br)cn2)cc1S(=O)CC(F)(F)F. The van der Waals surface area contributed by atoms with Gasteiger partial charge in [-0.1, -0.05) is 0 Å². The van der Waals surface area contributed by atoms with Crippen LogP contribution in [0.25, 0.3) is 0 Å². The van der Waals surface area contributed by atoms with E-state index in [0.29, 0.717) is 4.47 Å². The Morgan fingerprint density at radius 1 is 1.26 bits per heavy atom. The molecule has 0 aliphatic rings. The van der Waals surface area contributed by atoms with Gasteiger partial charge in [-0.3, -0.25) is 4.21 Å². The maximum Gasteiger partial charge on any atom is 0.400 e. The zero-order valence-electron chi connectivity index (χ0n) is 11.5. The Kier molecular flexibility index (Phi) is 5.35. The molecule has 0 fully saturated rings. The summed E-state index contributed by atoms with van der Waals surface area (Å²) < 4.78 is 68.5. The molecule has 4 nitrogen and oxygen atoms in total. The van der Waals surface area contributed by atoms with Crippen molar-refractivity contribution in [2.45, 2.75) is 18.0 Å². The van der Waals surface area contributed by atoms with Crippen molar-refractivity contribution >= 4 is 26.7 Å². The molecule has 2 rings (SSSR count). The third kappa shape index (κ3) is 4.96. The third-order valence-electron chi connectivity index (χ3n) is 2.57. The summed E-state index contributed by atoms with van der Waals surface area (Å²) >= 11 is 3.11. The molecular weight excluding hydrogens is 404 g/mol. The maximum absolute atomic E-state index is 13.9. The second kappa shape index (κ2) is 6.91. The van der Waals surface area contributed by atoms with Crippen LogP contribution in [0.4, 0.5) is 17.6 Å². The van der Waals surface area contributed by atoms with Crippen LogP contribution in [0.2, 0.25) is 0 Å². The second-order valence-electron chi connectivity index (χ2n) is 4.44. The van der Waals surface area contributed by atoms with Gasteiger partial charge in [-0.05, 0) is 34.5 Å². The van der Waals surface area contributed by atoms with Gasteiger partial charge in [0.05, 0.1) is 15.3 Å². The lowest BCUT2D eigenvalue weighted by Crippen LogP contribution is -2.19. The molecule has 0 spiro atoms. The lowest BCUT2D eigenvalue weighted by molar-refractivity contribution is -0.105. The molecule has 0 N–H and O–H groups in total. The maximum atomic E-state index is 13.9. The van der Waals surface area contributed by atoms with Gasteiger partial charge in [0.2, 0.25) is 0 Å². The summed E-state index contributed by atoms with van der Waals surface area (Å²) in [4.78, 5) is 7.38. The van der Waals surface area contributed by atoms with Crippen LogP contribution in [-0.4, -0.2) is 26.1 Å². The summed E-state index contributed by atoms with van der Waals surface area (Å²) in [6, 6.07) is 1.74. The highest BCUT2D eigenvalue weighted by Gasteiger charge is 2.32. The molecule has 1 aromatic heterocycles. The molecule has 1 atom stereocenters. The topological polar surface area (TPSA) is 52.1 Å². The van der Waals surface area contributed by atoms with Gasteiger partial charge in [0, 0.05) is 23.4 Å². The molecule has 0 saturated heterocycles. The Hall–Kier alpha value is -1.55. The minimum Gasteiger partial charge on any atom is -0.421 e. The molecule has 2 aromatic rings. The van der Waals surface area contributed by atoms with Gasteiger partial charge >= 0.3 is 12.2 Å². The first-order valence-corrected chi connectivity index (χ1v) is 8.17. The Bertz CT molecular complexity index is 738. The molecule has 1 aromatic carbocycles. The smallest absolute Gasteiger partial charge is 0.400 e. The molecule has 0 saturated carbocycles. The van der Waals surface area contributed by atoms with E-state index in [1.54, 1.807) is 0 Å². The molecule has 1 unspecified atom stereocenters. The van der Waals surface area contributed by atoms with Crippen LogP contribution in [0.1, 0.15) is 5.56 Å². The average molecular weight is 413 g/mol. The Balaban J connectivity index is 2.32. The molecule has 0 bridgehead atoms. The Morgan fingerprint density at radius 3 is 2.43 bits per heavy atom. The van der Waals surface area contributed by atoms with Crippen LogP contribution in [-0.2, 0) is 10.8 Å². The number of hydrogen-bond acceptors (Lipinski definition) is 4. The molecule has 0 aliphatic carbocycles. The van der Waals surface area contributed by atoms with Crippen LogP contribution in [0.15, 0.2) is 33.9 Å². The average Bonchev–Trinajstić information content (AvgIpc) is 2.42. The van der Waals surface area contributed by atoms with Crippen LogP contribution < -0.4 is 4.74 Å². The predicted octanol–water partition coefficient (Wildman–Crippen LogP) is 4.15. The van der Waals surface area contributed by atoms with Crippen molar-refractivity contribution in [1.29, 1.82) is 0 Å². The molecule has 10 heteroatoms. The lowest BCUT2D eigenvalue weighted by atomic mass is 10.2. The molecule has 0 radical (unpaired) electrons. The first-order valence-electron chi connectivity index (χ1n) is 6.06. The zero-order valence-corrected chi connectivity index (χ0v) is 13.9. The van der Waals surface area contributed by atoms with Crippen LogP contribution in [0.5, 0.6) is 11.8 Å². The van der Waals surface area contributed by atoms with Gasteiger partial charge in [0.25, 0.3) is 0 Å². The van der Waals surface area contributed by atoms with E-state index < -0.39 is 34.3 Å².